The van der Waals surface area contributed by atoms with Gasteiger partial charge in [0.15, 0.2) is 11.6 Å². The van der Waals surface area contributed by atoms with Crippen LogP contribution in [0, 0.1) is 11.2 Å². The van der Waals surface area contributed by atoms with Gasteiger partial charge < -0.3 is 20.1 Å². The van der Waals surface area contributed by atoms with Gasteiger partial charge >= 0.3 is 0 Å². The van der Waals surface area contributed by atoms with E-state index in [1.807, 2.05) is 25.1 Å². The first-order valence-electron chi connectivity index (χ1n) is 9.57. The van der Waals surface area contributed by atoms with Gasteiger partial charge in [0.25, 0.3) is 0 Å². The third kappa shape index (κ3) is 4.69. The van der Waals surface area contributed by atoms with E-state index in [9.17, 15) is 9.18 Å². The summed E-state index contributed by atoms with van der Waals surface area (Å²) < 4.78 is 25.4. The predicted octanol–water partition coefficient (Wildman–Crippen LogP) is 3.81. The molecule has 5 nitrogen and oxygen atoms in total. The first-order chi connectivity index (χ1) is 13.5. The molecule has 0 radical (unpaired) electrons. The zero-order chi connectivity index (χ0) is 20.0. The summed E-state index contributed by atoms with van der Waals surface area (Å²) in [4.78, 5) is 12.9. The zero-order valence-electron chi connectivity index (χ0n) is 16.3. The molecule has 1 heterocycles. The molecule has 2 aromatic rings. The highest BCUT2D eigenvalue weighted by molar-refractivity contribution is 5.83. The Hall–Kier alpha value is -2.44. The van der Waals surface area contributed by atoms with Crippen molar-refractivity contribution < 1.29 is 18.7 Å². The Morgan fingerprint density at radius 1 is 1.21 bits per heavy atom. The zero-order valence-corrected chi connectivity index (χ0v) is 16.3. The molecule has 1 amide bonds. The van der Waals surface area contributed by atoms with Crippen LogP contribution in [0.3, 0.4) is 0 Å². The van der Waals surface area contributed by atoms with Gasteiger partial charge in [0.1, 0.15) is 5.75 Å². The highest BCUT2D eigenvalue weighted by atomic mass is 19.1. The fourth-order valence-electron chi connectivity index (χ4n) is 3.54. The summed E-state index contributed by atoms with van der Waals surface area (Å²) in [6.45, 7) is 3.80. The van der Waals surface area contributed by atoms with Crippen LogP contribution in [0.15, 0.2) is 48.5 Å². The second-order valence-corrected chi connectivity index (χ2v) is 7.26. The molecule has 1 saturated heterocycles. The number of carbonyl (C=O) groups is 1. The maximum Gasteiger partial charge on any atom is 0.229 e. The molecule has 0 spiro atoms. The maximum atomic E-state index is 14.5. The molecule has 150 valence electrons. The summed E-state index contributed by atoms with van der Waals surface area (Å²) in [5, 5.41) is 6.31. The van der Waals surface area contributed by atoms with Crippen LogP contribution >= 0.6 is 0 Å². The number of piperidine rings is 1. The van der Waals surface area contributed by atoms with Crippen molar-refractivity contribution in [1.29, 1.82) is 0 Å². The highest BCUT2D eigenvalue weighted by Crippen LogP contribution is 2.31. The van der Waals surface area contributed by atoms with Crippen molar-refractivity contribution in [2.24, 2.45) is 5.41 Å². The monoisotopic (exact) mass is 386 g/mol. The van der Waals surface area contributed by atoms with Crippen molar-refractivity contribution in [3.8, 4) is 11.5 Å². The van der Waals surface area contributed by atoms with Gasteiger partial charge in [-0.1, -0.05) is 24.3 Å². The van der Waals surface area contributed by atoms with Crippen LogP contribution in [0.5, 0.6) is 11.5 Å². The summed E-state index contributed by atoms with van der Waals surface area (Å²) in [7, 11) is 1.61. The van der Waals surface area contributed by atoms with Crippen molar-refractivity contribution in [2.45, 2.75) is 25.8 Å². The molecule has 1 fully saturated rings. The van der Waals surface area contributed by atoms with Crippen LogP contribution in [0.2, 0.25) is 0 Å². The Bertz CT molecular complexity index is 786. The lowest BCUT2D eigenvalue weighted by atomic mass is 9.78. The van der Waals surface area contributed by atoms with E-state index in [2.05, 4.69) is 10.6 Å². The van der Waals surface area contributed by atoms with E-state index in [1.165, 1.54) is 6.07 Å². The van der Waals surface area contributed by atoms with E-state index in [-0.39, 0.29) is 17.7 Å². The van der Waals surface area contributed by atoms with Gasteiger partial charge in [-0.05, 0) is 62.7 Å². The van der Waals surface area contributed by atoms with Crippen LogP contribution in [0.4, 0.5) is 4.39 Å². The van der Waals surface area contributed by atoms with Gasteiger partial charge in [-0.25, -0.2) is 4.39 Å². The molecule has 0 aromatic heterocycles. The number of ether oxygens (including phenoxy) is 2. The fraction of sp³-hybridized carbons (Fsp3) is 0.409. The molecule has 0 bridgehead atoms. The van der Waals surface area contributed by atoms with E-state index in [0.717, 1.165) is 25.9 Å². The SMILES string of the molecule is COCC1(C(=O)NC(C)c2ccc(Oc3ccccc3)c(F)c2)CCNCC1. The first-order valence-corrected chi connectivity index (χ1v) is 9.57. The molecule has 1 aliphatic rings. The average molecular weight is 386 g/mol. The standard InChI is InChI=1S/C22H27FN2O3/c1-16(25-21(26)22(15-27-2)10-12-24-13-11-22)17-8-9-20(19(23)14-17)28-18-6-4-3-5-7-18/h3-9,14,16,24H,10-13,15H2,1-2H3,(H,25,26). The van der Waals surface area contributed by atoms with Crippen LogP contribution < -0.4 is 15.4 Å². The molecular formula is C22H27FN2O3. The third-order valence-corrected chi connectivity index (χ3v) is 5.24. The lowest BCUT2D eigenvalue weighted by Crippen LogP contribution is -2.50. The minimum atomic E-state index is -0.539. The normalized spacial score (nSPS) is 17.0. The third-order valence-electron chi connectivity index (χ3n) is 5.24. The number of methoxy groups -OCH3 is 1. The summed E-state index contributed by atoms with van der Waals surface area (Å²) in [6, 6.07) is 13.5. The first kappa shape index (κ1) is 20.3. The summed E-state index contributed by atoms with van der Waals surface area (Å²) in [5.74, 6) is 0.217. The number of hydrogen-bond acceptors (Lipinski definition) is 4. The number of carbonyl (C=O) groups excluding carboxylic acids is 1. The maximum absolute atomic E-state index is 14.5. The number of amides is 1. The van der Waals surface area contributed by atoms with Crippen molar-refractivity contribution in [3.05, 3.63) is 59.9 Å². The minimum Gasteiger partial charge on any atom is -0.454 e. The Balaban J connectivity index is 1.69. The Kier molecular flexibility index (Phi) is 6.65. The van der Waals surface area contributed by atoms with E-state index in [4.69, 9.17) is 9.47 Å². The van der Waals surface area contributed by atoms with Gasteiger partial charge in [-0.3, -0.25) is 4.79 Å². The number of halogens is 1. The second-order valence-electron chi connectivity index (χ2n) is 7.26. The van der Waals surface area contributed by atoms with Gasteiger partial charge in [-0.2, -0.15) is 0 Å². The number of benzene rings is 2. The number of hydrogen-bond donors (Lipinski definition) is 2. The smallest absolute Gasteiger partial charge is 0.229 e. The molecule has 3 rings (SSSR count). The van der Waals surface area contributed by atoms with Crippen LogP contribution in [0.25, 0.3) is 0 Å². The number of nitrogens with one attached hydrogen (secondary N) is 2. The predicted molar refractivity (Wildman–Crippen MR) is 106 cm³/mol. The van der Waals surface area contributed by atoms with E-state index in [1.54, 1.807) is 31.4 Å². The minimum absolute atomic E-state index is 0.0478. The molecule has 28 heavy (non-hydrogen) atoms. The van der Waals surface area contributed by atoms with Crippen molar-refractivity contribution in [2.75, 3.05) is 26.8 Å². The molecule has 6 heteroatoms. The number of rotatable bonds is 7. The van der Waals surface area contributed by atoms with E-state index >= 15 is 0 Å². The Morgan fingerprint density at radius 2 is 1.93 bits per heavy atom. The molecule has 1 unspecified atom stereocenters. The quantitative estimate of drug-likeness (QED) is 0.760. The van der Waals surface area contributed by atoms with Crippen molar-refractivity contribution in [1.82, 2.24) is 10.6 Å². The largest absolute Gasteiger partial charge is 0.454 e. The molecule has 1 atom stereocenters. The summed E-state index contributed by atoms with van der Waals surface area (Å²) >= 11 is 0. The summed E-state index contributed by atoms with van der Waals surface area (Å²) in [6.07, 6.45) is 1.44. The van der Waals surface area contributed by atoms with Gasteiger partial charge in [-0.15, -0.1) is 0 Å². The molecular weight excluding hydrogens is 359 g/mol. The lowest BCUT2D eigenvalue weighted by Gasteiger charge is -2.36. The van der Waals surface area contributed by atoms with Crippen molar-refractivity contribution >= 4 is 5.91 Å². The molecule has 2 aromatic carbocycles. The lowest BCUT2D eigenvalue weighted by molar-refractivity contribution is -0.136. The van der Waals surface area contributed by atoms with Gasteiger partial charge in [0.05, 0.1) is 18.1 Å². The van der Waals surface area contributed by atoms with Crippen LogP contribution in [-0.2, 0) is 9.53 Å². The topological polar surface area (TPSA) is 59.6 Å². The highest BCUT2D eigenvalue weighted by Gasteiger charge is 2.40. The number of para-hydroxylation sites is 1. The Labute approximate surface area is 165 Å². The van der Waals surface area contributed by atoms with E-state index in [0.29, 0.717) is 17.9 Å². The molecule has 1 aliphatic heterocycles. The summed E-state index contributed by atoms with van der Waals surface area (Å²) in [5.41, 5.74) is 0.149. The van der Waals surface area contributed by atoms with Crippen LogP contribution in [0.1, 0.15) is 31.4 Å². The fourth-order valence-corrected chi connectivity index (χ4v) is 3.54. The molecule has 0 saturated carbocycles. The van der Waals surface area contributed by atoms with Gasteiger partial charge in [0, 0.05) is 7.11 Å². The van der Waals surface area contributed by atoms with Crippen molar-refractivity contribution in [3.63, 3.8) is 0 Å². The average Bonchev–Trinajstić information content (AvgIpc) is 2.71. The van der Waals surface area contributed by atoms with Crippen LogP contribution in [-0.4, -0.2) is 32.7 Å². The molecule has 0 aliphatic carbocycles. The Morgan fingerprint density at radius 3 is 2.57 bits per heavy atom. The molecule has 2 N–H and O–H groups in total. The van der Waals surface area contributed by atoms with E-state index < -0.39 is 11.2 Å². The van der Waals surface area contributed by atoms with Gasteiger partial charge in [0.2, 0.25) is 5.91 Å². The second kappa shape index (κ2) is 9.17.